The Labute approximate surface area is 180 Å². The van der Waals surface area contributed by atoms with Crippen LogP contribution in [0.4, 0.5) is 4.79 Å². The number of rotatable bonds is 3. The number of hydrogen-bond acceptors (Lipinski definition) is 3. The largest absolute Gasteiger partial charge is 0.480 e. The molecule has 1 atom stereocenters. The number of carbonyl (C=O) groups excluding carboxylic acids is 1. The normalized spacial score (nSPS) is 16.9. The molecule has 1 unspecified atom stereocenters. The zero-order valence-electron chi connectivity index (χ0n) is 17.2. The highest BCUT2D eigenvalue weighted by molar-refractivity contribution is 5.82. The molecular formula is C26H23NO4. The summed E-state index contributed by atoms with van der Waals surface area (Å²) in [6, 6.07) is 21.3. The van der Waals surface area contributed by atoms with Gasteiger partial charge < -0.3 is 9.84 Å². The van der Waals surface area contributed by atoms with Crippen molar-refractivity contribution in [3.8, 4) is 11.1 Å². The number of carbonyl (C=O) groups is 2. The summed E-state index contributed by atoms with van der Waals surface area (Å²) in [4.78, 5) is 26.3. The van der Waals surface area contributed by atoms with Crippen LogP contribution < -0.4 is 0 Å². The van der Waals surface area contributed by atoms with Gasteiger partial charge in [0, 0.05) is 12.3 Å². The van der Waals surface area contributed by atoms with E-state index in [1.54, 1.807) is 0 Å². The van der Waals surface area contributed by atoms with Gasteiger partial charge in [-0.2, -0.15) is 0 Å². The zero-order valence-corrected chi connectivity index (χ0v) is 17.2. The summed E-state index contributed by atoms with van der Waals surface area (Å²) in [5.41, 5.74) is 7.61. The molecule has 0 spiro atoms. The molecule has 0 saturated carbocycles. The van der Waals surface area contributed by atoms with Crippen LogP contribution in [0, 0.1) is 6.92 Å². The Hall–Kier alpha value is -3.60. The van der Waals surface area contributed by atoms with Gasteiger partial charge in [-0.25, -0.2) is 9.59 Å². The van der Waals surface area contributed by atoms with E-state index in [1.807, 2.05) is 49.4 Å². The highest BCUT2D eigenvalue weighted by atomic mass is 16.6. The van der Waals surface area contributed by atoms with Crippen LogP contribution in [0.1, 0.15) is 33.7 Å². The molecule has 0 saturated heterocycles. The summed E-state index contributed by atoms with van der Waals surface area (Å²) in [6.45, 7) is 2.40. The zero-order chi connectivity index (χ0) is 21.5. The third-order valence-corrected chi connectivity index (χ3v) is 6.35. The number of benzene rings is 3. The van der Waals surface area contributed by atoms with Crippen molar-refractivity contribution in [2.45, 2.75) is 31.8 Å². The van der Waals surface area contributed by atoms with Gasteiger partial charge in [-0.15, -0.1) is 0 Å². The monoisotopic (exact) mass is 413 g/mol. The first-order valence-corrected chi connectivity index (χ1v) is 10.5. The topological polar surface area (TPSA) is 66.8 Å². The molecule has 0 bridgehead atoms. The van der Waals surface area contributed by atoms with E-state index in [2.05, 4.69) is 24.3 Å². The maximum Gasteiger partial charge on any atom is 0.410 e. The molecule has 3 aromatic rings. The molecule has 0 radical (unpaired) electrons. The molecule has 1 aliphatic carbocycles. The predicted octanol–water partition coefficient (Wildman–Crippen LogP) is 4.76. The second-order valence-electron chi connectivity index (χ2n) is 8.26. The van der Waals surface area contributed by atoms with E-state index in [0.29, 0.717) is 0 Å². The molecule has 0 aromatic heterocycles. The highest BCUT2D eigenvalue weighted by Crippen LogP contribution is 2.44. The number of carboxylic acid groups (broad SMARTS) is 1. The van der Waals surface area contributed by atoms with Gasteiger partial charge in [0.1, 0.15) is 12.6 Å². The van der Waals surface area contributed by atoms with E-state index < -0.39 is 18.1 Å². The molecule has 5 heteroatoms. The number of fused-ring (bicyclic) bond motifs is 4. The summed E-state index contributed by atoms with van der Waals surface area (Å²) in [5.74, 6) is -1.07. The van der Waals surface area contributed by atoms with Crippen LogP contribution in [0.5, 0.6) is 0 Å². The molecule has 156 valence electrons. The van der Waals surface area contributed by atoms with Crippen molar-refractivity contribution < 1.29 is 19.4 Å². The fraction of sp³-hybridized carbons (Fsp3) is 0.231. The second-order valence-corrected chi connectivity index (χ2v) is 8.26. The Kier molecular flexibility index (Phi) is 4.74. The molecule has 5 nitrogen and oxygen atoms in total. The van der Waals surface area contributed by atoms with Gasteiger partial charge in [0.25, 0.3) is 0 Å². The number of amides is 1. The van der Waals surface area contributed by atoms with Crippen LogP contribution in [0.15, 0.2) is 66.7 Å². The lowest BCUT2D eigenvalue weighted by Gasteiger charge is -2.34. The molecule has 5 rings (SSSR count). The molecular weight excluding hydrogens is 390 g/mol. The standard InChI is InChI=1S/C26H23NO4/c1-16-10-11-17-13-24(25(28)29)27(14-18(17)12-16)26(30)31-15-23-21-8-4-2-6-19(21)20-7-3-5-9-22(20)23/h2-12,23-24H,13-15H2,1H3,(H,28,29). The van der Waals surface area contributed by atoms with Gasteiger partial charge in [0.05, 0.1) is 6.54 Å². The molecule has 3 aromatic carbocycles. The lowest BCUT2D eigenvalue weighted by molar-refractivity contribution is -0.143. The van der Waals surface area contributed by atoms with Gasteiger partial charge >= 0.3 is 12.1 Å². The third kappa shape index (κ3) is 3.36. The van der Waals surface area contributed by atoms with Crippen molar-refractivity contribution in [3.63, 3.8) is 0 Å². The third-order valence-electron chi connectivity index (χ3n) is 6.35. The summed E-state index contributed by atoms with van der Waals surface area (Å²) in [5, 5.41) is 9.73. The number of aryl methyl sites for hydroxylation is 1. The molecule has 1 N–H and O–H groups in total. The molecule has 2 aliphatic rings. The van der Waals surface area contributed by atoms with Crippen molar-refractivity contribution in [3.05, 3.63) is 94.5 Å². The number of nitrogens with zero attached hydrogens (tertiary/aromatic N) is 1. The summed E-state index contributed by atoms with van der Waals surface area (Å²) >= 11 is 0. The number of hydrogen-bond donors (Lipinski definition) is 1. The fourth-order valence-electron chi connectivity index (χ4n) is 4.80. The maximum absolute atomic E-state index is 13.0. The minimum atomic E-state index is -1.01. The molecule has 1 amide bonds. The Morgan fingerprint density at radius 3 is 2.26 bits per heavy atom. The van der Waals surface area contributed by atoms with Crippen LogP contribution in [-0.4, -0.2) is 34.7 Å². The molecule has 0 fully saturated rings. The lowest BCUT2D eigenvalue weighted by atomic mass is 9.93. The molecule has 31 heavy (non-hydrogen) atoms. The summed E-state index contributed by atoms with van der Waals surface area (Å²) < 4.78 is 5.73. The number of aliphatic carboxylic acids is 1. The van der Waals surface area contributed by atoms with Gasteiger partial charge in [-0.05, 0) is 40.3 Å². The Morgan fingerprint density at radius 2 is 1.61 bits per heavy atom. The van der Waals surface area contributed by atoms with Gasteiger partial charge in [-0.1, -0.05) is 72.3 Å². The van der Waals surface area contributed by atoms with Crippen molar-refractivity contribution in [2.24, 2.45) is 0 Å². The lowest BCUT2D eigenvalue weighted by Crippen LogP contribution is -2.49. The van der Waals surface area contributed by atoms with E-state index in [4.69, 9.17) is 4.74 Å². The first kappa shape index (κ1) is 19.4. The predicted molar refractivity (Wildman–Crippen MR) is 117 cm³/mol. The molecule has 1 heterocycles. The van der Waals surface area contributed by atoms with Crippen LogP contribution in [0.3, 0.4) is 0 Å². The minimum absolute atomic E-state index is 0.0565. The van der Waals surface area contributed by atoms with E-state index in [-0.39, 0.29) is 25.5 Å². The van der Waals surface area contributed by atoms with Crippen LogP contribution in [-0.2, 0) is 22.5 Å². The van der Waals surface area contributed by atoms with Gasteiger partial charge in [0.15, 0.2) is 0 Å². The average molecular weight is 413 g/mol. The highest BCUT2D eigenvalue weighted by Gasteiger charge is 2.37. The quantitative estimate of drug-likeness (QED) is 0.673. The van der Waals surface area contributed by atoms with E-state index in [9.17, 15) is 14.7 Å². The van der Waals surface area contributed by atoms with Crippen molar-refractivity contribution in [1.29, 1.82) is 0 Å². The number of carboxylic acids is 1. The number of ether oxygens (including phenoxy) is 1. The maximum atomic E-state index is 13.0. The van der Waals surface area contributed by atoms with Gasteiger partial charge in [-0.3, -0.25) is 4.90 Å². The van der Waals surface area contributed by atoms with Crippen LogP contribution in [0.2, 0.25) is 0 Å². The fourth-order valence-corrected chi connectivity index (χ4v) is 4.80. The van der Waals surface area contributed by atoms with Crippen molar-refractivity contribution in [2.75, 3.05) is 6.61 Å². The van der Waals surface area contributed by atoms with Crippen molar-refractivity contribution >= 4 is 12.1 Å². The van der Waals surface area contributed by atoms with E-state index >= 15 is 0 Å². The smallest absolute Gasteiger partial charge is 0.410 e. The van der Waals surface area contributed by atoms with E-state index in [0.717, 1.165) is 38.9 Å². The first-order valence-electron chi connectivity index (χ1n) is 10.5. The van der Waals surface area contributed by atoms with Crippen molar-refractivity contribution in [1.82, 2.24) is 4.90 Å². The molecule has 1 aliphatic heterocycles. The van der Waals surface area contributed by atoms with Gasteiger partial charge in [0.2, 0.25) is 0 Å². The SMILES string of the molecule is Cc1ccc2c(c1)CN(C(=O)OCC1c3ccccc3-c3ccccc31)C(C(=O)O)C2. The summed E-state index contributed by atoms with van der Waals surface area (Å²) in [7, 11) is 0. The Morgan fingerprint density at radius 1 is 0.968 bits per heavy atom. The summed E-state index contributed by atoms with van der Waals surface area (Å²) in [6.07, 6.45) is -0.295. The van der Waals surface area contributed by atoms with E-state index in [1.165, 1.54) is 4.90 Å². The average Bonchev–Trinajstić information content (AvgIpc) is 3.10. The Bertz CT molecular complexity index is 1140. The second kappa shape index (κ2) is 7.58. The van der Waals surface area contributed by atoms with Crippen LogP contribution in [0.25, 0.3) is 11.1 Å². The first-order chi connectivity index (χ1) is 15.0. The van der Waals surface area contributed by atoms with Crippen LogP contribution >= 0.6 is 0 Å². The Balaban J connectivity index is 1.38. The minimum Gasteiger partial charge on any atom is -0.480 e.